The van der Waals surface area contributed by atoms with Crippen molar-refractivity contribution in [1.82, 2.24) is 15.1 Å². The highest BCUT2D eigenvalue weighted by molar-refractivity contribution is 4.85. The highest BCUT2D eigenvalue weighted by Gasteiger charge is 2.28. The molecule has 0 aromatic heterocycles. The number of rotatable bonds is 4. The Balaban J connectivity index is 1.97. The number of nitrogens with zero attached hydrogens (tertiary/aromatic N) is 2. The highest BCUT2D eigenvalue weighted by Crippen LogP contribution is 2.21. The predicted octanol–water partition coefficient (Wildman–Crippen LogP) is 2.18. The van der Waals surface area contributed by atoms with Crippen LogP contribution in [0.2, 0.25) is 0 Å². The third-order valence-electron chi connectivity index (χ3n) is 4.83. The van der Waals surface area contributed by atoms with E-state index in [4.69, 9.17) is 0 Å². The number of likely N-dealkylation sites (N-methyl/N-ethyl adjacent to an activating group) is 1. The van der Waals surface area contributed by atoms with Gasteiger partial charge in [0.05, 0.1) is 0 Å². The molecule has 0 aliphatic carbocycles. The zero-order valence-corrected chi connectivity index (χ0v) is 13.2. The molecule has 2 aliphatic rings. The van der Waals surface area contributed by atoms with Crippen LogP contribution in [0.5, 0.6) is 0 Å². The van der Waals surface area contributed by atoms with Crippen LogP contribution in [0.3, 0.4) is 0 Å². The molecule has 1 N–H and O–H groups in total. The Kier molecular flexibility index (Phi) is 6.11. The van der Waals surface area contributed by atoms with Gasteiger partial charge in [0.15, 0.2) is 0 Å². The molecule has 2 fully saturated rings. The second kappa shape index (κ2) is 7.61. The Labute approximate surface area is 119 Å². The molecule has 0 amide bonds. The fourth-order valence-electron chi connectivity index (χ4n) is 3.82. The van der Waals surface area contributed by atoms with E-state index in [0.29, 0.717) is 0 Å². The molecule has 2 heterocycles. The molecule has 0 spiro atoms. The van der Waals surface area contributed by atoms with Crippen LogP contribution in [0.1, 0.15) is 46.5 Å². The average Bonchev–Trinajstić information content (AvgIpc) is 2.61. The summed E-state index contributed by atoms with van der Waals surface area (Å²) < 4.78 is 0. The van der Waals surface area contributed by atoms with Crippen LogP contribution in [0.15, 0.2) is 0 Å². The van der Waals surface area contributed by atoms with Crippen LogP contribution in [-0.2, 0) is 0 Å². The van der Waals surface area contributed by atoms with Crippen molar-refractivity contribution in [1.29, 1.82) is 0 Å². The molecule has 0 radical (unpaired) electrons. The maximum Gasteiger partial charge on any atom is 0.0225 e. The first-order valence-corrected chi connectivity index (χ1v) is 8.39. The van der Waals surface area contributed by atoms with E-state index < -0.39 is 0 Å². The summed E-state index contributed by atoms with van der Waals surface area (Å²) in [6.07, 6.45) is 5.41. The fourth-order valence-corrected chi connectivity index (χ4v) is 3.82. The molecule has 0 saturated carbocycles. The largest absolute Gasteiger partial charge is 0.317 e. The standard InChI is InChI=1S/C16H33N3/c1-4-18-10-5-11-19(13-16(18)12-14(2)3)15-6-8-17-9-7-15/h14-17H,4-13H2,1-3H3. The van der Waals surface area contributed by atoms with Crippen LogP contribution in [0.4, 0.5) is 0 Å². The molecule has 2 rings (SSSR count). The van der Waals surface area contributed by atoms with Gasteiger partial charge in [-0.2, -0.15) is 0 Å². The summed E-state index contributed by atoms with van der Waals surface area (Å²) in [5.74, 6) is 0.812. The molecule has 3 nitrogen and oxygen atoms in total. The molecule has 0 aromatic carbocycles. The second-order valence-corrected chi connectivity index (χ2v) is 6.74. The molecule has 0 bridgehead atoms. The summed E-state index contributed by atoms with van der Waals surface area (Å²) in [7, 11) is 0. The van der Waals surface area contributed by atoms with Crippen molar-refractivity contribution in [2.24, 2.45) is 5.92 Å². The normalized spacial score (nSPS) is 28.7. The topological polar surface area (TPSA) is 18.5 Å². The summed E-state index contributed by atoms with van der Waals surface area (Å²) in [5, 5.41) is 3.50. The van der Waals surface area contributed by atoms with Gasteiger partial charge in [0.2, 0.25) is 0 Å². The quantitative estimate of drug-likeness (QED) is 0.842. The Morgan fingerprint density at radius 2 is 1.89 bits per heavy atom. The van der Waals surface area contributed by atoms with E-state index in [0.717, 1.165) is 18.0 Å². The molecule has 1 atom stereocenters. The highest BCUT2D eigenvalue weighted by atomic mass is 15.3. The Hall–Kier alpha value is -0.120. The zero-order chi connectivity index (χ0) is 13.7. The molecule has 19 heavy (non-hydrogen) atoms. The van der Waals surface area contributed by atoms with E-state index in [1.165, 1.54) is 65.0 Å². The first-order valence-electron chi connectivity index (χ1n) is 8.39. The maximum atomic E-state index is 3.50. The SMILES string of the molecule is CCN1CCCN(C2CCNCC2)CC1CC(C)C. The first-order chi connectivity index (χ1) is 9.20. The number of piperidine rings is 1. The number of nitrogens with one attached hydrogen (secondary N) is 1. The zero-order valence-electron chi connectivity index (χ0n) is 13.2. The van der Waals surface area contributed by atoms with Crippen LogP contribution in [-0.4, -0.2) is 61.2 Å². The lowest BCUT2D eigenvalue weighted by Gasteiger charge is -2.37. The Morgan fingerprint density at radius 3 is 2.53 bits per heavy atom. The summed E-state index contributed by atoms with van der Waals surface area (Å²) >= 11 is 0. The molecular formula is C16H33N3. The minimum atomic E-state index is 0.780. The first kappa shape index (κ1) is 15.3. The van der Waals surface area contributed by atoms with Crippen molar-refractivity contribution in [3.8, 4) is 0 Å². The van der Waals surface area contributed by atoms with Crippen molar-refractivity contribution in [2.45, 2.75) is 58.5 Å². The van der Waals surface area contributed by atoms with Gasteiger partial charge in [-0.05, 0) is 64.3 Å². The van der Waals surface area contributed by atoms with Gasteiger partial charge in [0.1, 0.15) is 0 Å². The monoisotopic (exact) mass is 267 g/mol. The van der Waals surface area contributed by atoms with Gasteiger partial charge in [-0.25, -0.2) is 0 Å². The molecule has 3 heteroatoms. The molecule has 112 valence electrons. The number of hydrogen-bond acceptors (Lipinski definition) is 3. The van der Waals surface area contributed by atoms with E-state index in [9.17, 15) is 0 Å². The predicted molar refractivity (Wildman–Crippen MR) is 82.6 cm³/mol. The molecule has 1 unspecified atom stereocenters. The van der Waals surface area contributed by atoms with E-state index in [2.05, 4.69) is 35.9 Å². The van der Waals surface area contributed by atoms with Crippen molar-refractivity contribution in [2.75, 3.05) is 39.3 Å². The maximum absolute atomic E-state index is 3.50. The third-order valence-corrected chi connectivity index (χ3v) is 4.83. The van der Waals surface area contributed by atoms with Crippen LogP contribution in [0, 0.1) is 5.92 Å². The van der Waals surface area contributed by atoms with Gasteiger partial charge in [0.25, 0.3) is 0 Å². The Bertz CT molecular complexity index is 248. The minimum absolute atomic E-state index is 0.780. The molecule has 2 aliphatic heterocycles. The van der Waals surface area contributed by atoms with Gasteiger partial charge in [-0.3, -0.25) is 9.80 Å². The lowest BCUT2D eigenvalue weighted by molar-refractivity contribution is 0.122. The van der Waals surface area contributed by atoms with E-state index in [1.807, 2.05) is 0 Å². The van der Waals surface area contributed by atoms with Crippen molar-refractivity contribution >= 4 is 0 Å². The lowest BCUT2D eigenvalue weighted by Crippen LogP contribution is -2.48. The summed E-state index contributed by atoms with van der Waals surface area (Å²) in [5.41, 5.74) is 0. The van der Waals surface area contributed by atoms with Gasteiger partial charge in [0, 0.05) is 18.6 Å². The number of hydrogen-bond donors (Lipinski definition) is 1. The van der Waals surface area contributed by atoms with Crippen molar-refractivity contribution in [3.05, 3.63) is 0 Å². The molecular weight excluding hydrogens is 234 g/mol. The third kappa shape index (κ3) is 4.44. The molecule has 0 aromatic rings. The van der Waals surface area contributed by atoms with Crippen molar-refractivity contribution < 1.29 is 0 Å². The fraction of sp³-hybridized carbons (Fsp3) is 1.00. The summed E-state index contributed by atoms with van der Waals surface area (Å²) in [4.78, 5) is 5.53. The van der Waals surface area contributed by atoms with Gasteiger partial charge in [-0.15, -0.1) is 0 Å². The van der Waals surface area contributed by atoms with Crippen LogP contribution < -0.4 is 5.32 Å². The second-order valence-electron chi connectivity index (χ2n) is 6.74. The molecule has 2 saturated heterocycles. The van der Waals surface area contributed by atoms with Gasteiger partial charge in [-0.1, -0.05) is 20.8 Å². The van der Waals surface area contributed by atoms with Gasteiger partial charge < -0.3 is 5.32 Å². The summed E-state index contributed by atoms with van der Waals surface area (Å²) in [6.45, 7) is 14.6. The van der Waals surface area contributed by atoms with E-state index >= 15 is 0 Å². The lowest BCUT2D eigenvalue weighted by atomic mass is 10.00. The van der Waals surface area contributed by atoms with Crippen LogP contribution >= 0.6 is 0 Å². The average molecular weight is 267 g/mol. The van der Waals surface area contributed by atoms with Crippen molar-refractivity contribution in [3.63, 3.8) is 0 Å². The summed E-state index contributed by atoms with van der Waals surface area (Å²) in [6, 6.07) is 1.62. The van der Waals surface area contributed by atoms with Gasteiger partial charge >= 0.3 is 0 Å². The van der Waals surface area contributed by atoms with Crippen LogP contribution in [0.25, 0.3) is 0 Å². The smallest absolute Gasteiger partial charge is 0.0225 e. The Morgan fingerprint density at radius 1 is 1.16 bits per heavy atom. The van der Waals surface area contributed by atoms with E-state index in [-0.39, 0.29) is 0 Å². The minimum Gasteiger partial charge on any atom is -0.317 e. The van der Waals surface area contributed by atoms with E-state index in [1.54, 1.807) is 0 Å².